The molecule has 0 radical (unpaired) electrons. The molecule has 0 saturated carbocycles. The summed E-state index contributed by atoms with van der Waals surface area (Å²) in [6.07, 6.45) is 1.09. The number of carbonyl (C=O) groups is 1. The van der Waals surface area contributed by atoms with Crippen molar-refractivity contribution in [3.8, 4) is 0 Å². The van der Waals surface area contributed by atoms with Crippen LogP contribution in [0.25, 0.3) is 0 Å². The van der Waals surface area contributed by atoms with Crippen LogP contribution in [0.5, 0.6) is 0 Å². The van der Waals surface area contributed by atoms with Gasteiger partial charge in [0.1, 0.15) is 5.82 Å². The van der Waals surface area contributed by atoms with E-state index in [1.165, 1.54) is 35.2 Å². The summed E-state index contributed by atoms with van der Waals surface area (Å²) in [6.45, 7) is 5.85. The van der Waals surface area contributed by atoms with Crippen LogP contribution in [0.2, 0.25) is 0 Å². The van der Waals surface area contributed by atoms with Crippen LogP contribution in [0.4, 0.5) is 4.39 Å². The summed E-state index contributed by atoms with van der Waals surface area (Å²) < 4.78 is 14.7. The topological polar surface area (TPSA) is 54.9 Å². The SMILES string of the molecule is CCCSc1nnc(S[C@H](C)C(=O)N[C@@H](C)c2ccc(F)cc2)s1. The largest absolute Gasteiger partial charge is 0.349 e. The van der Waals surface area contributed by atoms with Crippen molar-refractivity contribution in [2.75, 3.05) is 5.75 Å². The molecule has 2 rings (SSSR count). The molecule has 4 nitrogen and oxygen atoms in total. The fourth-order valence-corrected chi connectivity index (χ4v) is 4.96. The Morgan fingerprint density at radius 3 is 2.58 bits per heavy atom. The number of benzene rings is 1. The van der Waals surface area contributed by atoms with E-state index in [4.69, 9.17) is 0 Å². The zero-order valence-electron chi connectivity index (χ0n) is 13.8. The maximum absolute atomic E-state index is 13.0. The molecular formula is C16H20FN3OS3. The highest BCUT2D eigenvalue weighted by atomic mass is 32.2. The highest BCUT2D eigenvalue weighted by Crippen LogP contribution is 2.31. The number of carbonyl (C=O) groups excluding carboxylic acids is 1. The van der Waals surface area contributed by atoms with Crippen molar-refractivity contribution in [1.82, 2.24) is 15.5 Å². The van der Waals surface area contributed by atoms with Crippen molar-refractivity contribution in [3.05, 3.63) is 35.6 Å². The van der Waals surface area contributed by atoms with Crippen LogP contribution >= 0.6 is 34.9 Å². The lowest BCUT2D eigenvalue weighted by Crippen LogP contribution is -2.33. The number of hydrogen-bond donors (Lipinski definition) is 1. The van der Waals surface area contributed by atoms with E-state index in [0.29, 0.717) is 0 Å². The minimum atomic E-state index is -0.283. The number of thioether (sulfide) groups is 2. The summed E-state index contributed by atoms with van der Waals surface area (Å²) in [4.78, 5) is 12.3. The Kier molecular flexibility index (Phi) is 7.51. The maximum atomic E-state index is 13.0. The highest BCUT2D eigenvalue weighted by Gasteiger charge is 2.19. The first-order valence-electron chi connectivity index (χ1n) is 7.68. The van der Waals surface area contributed by atoms with Gasteiger partial charge in [-0.15, -0.1) is 10.2 Å². The number of nitrogens with one attached hydrogen (secondary N) is 1. The summed E-state index contributed by atoms with van der Waals surface area (Å²) in [5, 5.41) is 10.9. The molecule has 1 aromatic carbocycles. The van der Waals surface area contributed by atoms with Crippen molar-refractivity contribution in [2.24, 2.45) is 0 Å². The Bertz CT molecular complexity index is 663. The van der Waals surface area contributed by atoms with Gasteiger partial charge in [0, 0.05) is 5.75 Å². The van der Waals surface area contributed by atoms with Crippen LogP contribution in [-0.4, -0.2) is 27.1 Å². The minimum absolute atomic E-state index is 0.0743. The van der Waals surface area contributed by atoms with Gasteiger partial charge in [-0.2, -0.15) is 0 Å². The smallest absolute Gasteiger partial charge is 0.233 e. The number of nitrogens with zero attached hydrogens (tertiary/aromatic N) is 2. The second kappa shape index (κ2) is 9.39. The Balaban J connectivity index is 1.87. The van der Waals surface area contributed by atoms with Gasteiger partial charge in [-0.3, -0.25) is 4.79 Å². The Morgan fingerprint density at radius 2 is 1.92 bits per heavy atom. The molecule has 0 saturated heterocycles. The van der Waals surface area contributed by atoms with Gasteiger partial charge in [0.25, 0.3) is 0 Å². The predicted octanol–water partition coefficient (Wildman–Crippen LogP) is 4.54. The van der Waals surface area contributed by atoms with E-state index in [9.17, 15) is 9.18 Å². The van der Waals surface area contributed by atoms with E-state index >= 15 is 0 Å². The zero-order chi connectivity index (χ0) is 17.5. The van der Waals surface area contributed by atoms with E-state index in [1.807, 2.05) is 13.8 Å². The van der Waals surface area contributed by atoms with E-state index < -0.39 is 0 Å². The third-order valence-corrected chi connectivity index (χ3v) is 6.64. The highest BCUT2D eigenvalue weighted by molar-refractivity contribution is 8.03. The lowest BCUT2D eigenvalue weighted by Gasteiger charge is -2.17. The summed E-state index contributed by atoms with van der Waals surface area (Å²) in [6, 6.07) is 5.98. The molecule has 1 amide bonds. The van der Waals surface area contributed by atoms with Crippen molar-refractivity contribution in [3.63, 3.8) is 0 Å². The molecule has 0 spiro atoms. The molecule has 130 valence electrons. The number of aromatic nitrogens is 2. The first kappa shape index (κ1) is 19.2. The molecule has 1 aromatic heterocycles. The summed E-state index contributed by atoms with van der Waals surface area (Å²) in [7, 11) is 0. The number of rotatable bonds is 8. The molecule has 0 aliphatic rings. The summed E-state index contributed by atoms with van der Waals surface area (Å²) in [5.74, 6) is 0.661. The molecular weight excluding hydrogens is 365 g/mol. The zero-order valence-corrected chi connectivity index (χ0v) is 16.2. The molecule has 0 aliphatic heterocycles. The van der Waals surface area contributed by atoms with Gasteiger partial charge < -0.3 is 5.32 Å². The van der Waals surface area contributed by atoms with E-state index in [-0.39, 0.29) is 23.0 Å². The number of hydrogen-bond acceptors (Lipinski definition) is 6. The average molecular weight is 386 g/mol. The molecule has 0 fully saturated rings. The van der Waals surface area contributed by atoms with Gasteiger partial charge in [-0.25, -0.2) is 4.39 Å². The van der Waals surface area contributed by atoms with Gasteiger partial charge in [-0.1, -0.05) is 53.9 Å². The van der Waals surface area contributed by atoms with Crippen molar-refractivity contribution in [1.29, 1.82) is 0 Å². The second-order valence-electron chi connectivity index (χ2n) is 5.22. The van der Waals surface area contributed by atoms with Crippen molar-refractivity contribution >= 4 is 40.8 Å². The average Bonchev–Trinajstić information content (AvgIpc) is 3.00. The summed E-state index contributed by atoms with van der Waals surface area (Å²) >= 11 is 4.61. The molecule has 2 atom stereocenters. The Labute approximate surface area is 154 Å². The van der Waals surface area contributed by atoms with Crippen molar-refractivity contribution in [2.45, 2.75) is 47.2 Å². The molecule has 1 heterocycles. The van der Waals surface area contributed by atoms with Gasteiger partial charge in [-0.05, 0) is 38.0 Å². The maximum Gasteiger partial charge on any atom is 0.233 e. The van der Waals surface area contributed by atoms with E-state index in [2.05, 4.69) is 22.4 Å². The molecule has 0 bridgehead atoms. The standard InChI is InChI=1S/C16H20FN3OS3/c1-4-9-22-15-19-20-16(24-15)23-11(3)14(21)18-10(2)12-5-7-13(17)8-6-12/h5-8,10-11H,4,9H2,1-3H3,(H,18,21)/t10-,11+/m0/s1. The summed E-state index contributed by atoms with van der Waals surface area (Å²) in [5.41, 5.74) is 0.871. The van der Waals surface area contributed by atoms with E-state index in [1.54, 1.807) is 23.9 Å². The lowest BCUT2D eigenvalue weighted by atomic mass is 10.1. The van der Waals surface area contributed by atoms with Gasteiger partial charge >= 0.3 is 0 Å². The third-order valence-electron chi connectivity index (χ3n) is 3.19. The first-order valence-corrected chi connectivity index (χ1v) is 10.4. The van der Waals surface area contributed by atoms with E-state index in [0.717, 1.165) is 26.4 Å². The number of halogens is 1. The van der Waals surface area contributed by atoms with Crippen LogP contribution in [0.3, 0.4) is 0 Å². The molecule has 0 aliphatic carbocycles. The van der Waals surface area contributed by atoms with Gasteiger partial charge in [0.15, 0.2) is 8.68 Å². The van der Waals surface area contributed by atoms with Crippen LogP contribution in [-0.2, 0) is 4.79 Å². The first-order chi connectivity index (χ1) is 11.5. The van der Waals surface area contributed by atoms with Gasteiger partial charge in [0.2, 0.25) is 5.91 Å². The van der Waals surface area contributed by atoms with Crippen LogP contribution in [0, 0.1) is 5.82 Å². The number of amides is 1. The van der Waals surface area contributed by atoms with Crippen molar-refractivity contribution < 1.29 is 9.18 Å². The second-order valence-corrected chi connectivity index (χ2v) is 9.13. The molecule has 0 unspecified atom stereocenters. The third kappa shape index (κ3) is 5.75. The monoisotopic (exact) mass is 385 g/mol. The molecule has 2 aromatic rings. The molecule has 1 N–H and O–H groups in total. The predicted molar refractivity (Wildman–Crippen MR) is 99.2 cm³/mol. The quantitative estimate of drug-likeness (QED) is 0.676. The Hall–Kier alpha value is -1.12. The molecule has 24 heavy (non-hydrogen) atoms. The minimum Gasteiger partial charge on any atom is -0.349 e. The Morgan fingerprint density at radius 1 is 1.25 bits per heavy atom. The van der Waals surface area contributed by atoms with Crippen LogP contribution in [0.1, 0.15) is 38.8 Å². The fourth-order valence-electron chi connectivity index (χ4n) is 1.86. The molecule has 8 heteroatoms. The van der Waals surface area contributed by atoms with Crippen LogP contribution < -0.4 is 5.32 Å². The fraction of sp³-hybridized carbons (Fsp3) is 0.438. The lowest BCUT2D eigenvalue weighted by molar-refractivity contribution is -0.120. The normalized spacial score (nSPS) is 13.5. The van der Waals surface area contributed by atoms with Gasteiger partial charge in [0.05, 0.1) is 11.3 Å². The van der Waals surface area contributed by atoms with Crippen LogP contribution in [0.15, 0.2) is 32.9 Å².